The van der Waals surface area contributed by atoms with Gasteiger partial charge in [0.05, 0.1) is 0 Å². The van der Waals surface area contributed by atoms with Gasteiger partial charge in [0, 0.05) is 26.7 Å². The van der Waals surface area contributed by atoms with E-state index < -0.39 is 12.0 Å². The van der Waals surface area contributed by atoms with Gasteiger partial charge in [-0.1, -0.05) is 0 Å². The fraction of sp³-hybridized carbons (Fsp3) is 0.778. The zero-order valence-electron chi connectivity index (χ0n) is 8.94. The first kappa shape index (κ1) is 11.8. The fourth-order valence-corrected chi connectivity index (χ4v) is 1.55. The van der Waals surface area contributed by atoms with Gasteiger partial charge in [-0.05, 0) is 12.8 Å². The predicted molar refractivity (Wildman–Crippen MR) is 57.8 cm³/mol. The Bertz CT molecular complexity index is 248. The molecule has 0 radical (unpaired) electrons. The van der Waals surface area contributed by atoms with Crippen LogP contribution in [0.1, 0.15) is 12.8 Å². The van der Waals surface area contributed by atoms with Crippen LogP contribution in [0.4, 0.5) is 0 Å². The molecule has 0 aromatic carbocycles. The van der Waals surface area contributed by atoms with Crippen molar-refractivity contribution in [2.24, 2.45) is 10.7 Å². The molecule has 1 atom stereocenters. The summed E-state index contributed by atoms with van der Waals surface area (Å²) < 4.78 is 0. The summed E-state index contributed by atoms with van der Waals surface area (Å²) in [7, 11) is 1.69. The van der Waals surface area contributed by atoms with Crippen molar-refractivity contribution in [1.82, 2.24) is 10.2 Å². The van der Waals surface area contributed by atoms with E-state index >= 15 is 0 Å². The Morgan fingerprint density at radius 2 is 2.20 bits per heavy atom. The SMILES string of the molecule is CN=C(NC[C@H](N)C(=O)O)N1CCCC1. The van der Waals surface area contributed by atoms with Crippen LogP contribution >= 0.6 is 0 Å². The Balaban J connectivity index is 2.37. The van der Waals surface area contributed by atoms with Crippen LogP contribution < -0.4 is 11.1 Å². The Labute approximate surface area is 89.2 Å². The van der Waals surface area contributed by atoms with Gasteiger partial charge in [0.1, 0.15) is 6.04 Å². The average Bonchev–Trinajstić information content (AvgIpc) is 2.71. The van der Waals surface area contributed by atoms with Crippen molar-refractivity contribution in [1.29, 1.82) is 0 Å². The molecule has 0 unspecified atom stereocenters. The monoisotopic (exact) mass is 214 g/mol. The third-order valence-corrected chi connectivity index (χ3v) is 2.41. The molecule has 0 saturated carbocycles. The molecule has 0 aromatic heterocycles. The lowest BCUT2D eigenvalue weighted by molar-refractivity contribution is -0.138. The summed E-state index contributed by atoms with van der Waals surface area (Å²) in [6.07, 6.45) is 2.32. The molecule has 6 nitrogen and oxygen atoms in total. The van der Waals surface area contributed by atoms with Crippen LogP contribution in [0.25, 0.3) is 0 Å². The molecule has 0 aromatic rings. The van der Waals surface area contributed by atoms with Gasteiger partial charge in [-0.15, -0.1) is 0 Å². The number of hydrogen-bond donors (Lipinski definition) is 3. The van der Waals surface area contributed by atoms with Gasteiger partial charge in [0.2, 0.25) is 0 Å². The fourth-order valence-electron chi connectivity index (χ4n) is 1.55. The van der Waals surface area contributed by atoms with Crippen LogP contribution in [0.5, 0.6) is 0 Å². The Kier molecular flexibility index (Phi) is 4.36. The molecule has 1 rings (SSSR count). The van der Waals surface area contributed by atoms with Gasteiger partial charge in [0.25, 0.3) is 0 Å². The molecule has 1 heterocycles. The van der Waals surface area contributed by atoms with Crippen molar-refractivity contribution >= 4 is 11.9 Å². The van der Waals surface area contributed by atoms with E-state index in [1.807, 2.05) is 0 Å². The van der Waals surface area contributed by atoms with Crippen LogP contribution in [0.3, 0.4) is 0 Å². The van der Waals surface area contributed by atoms with Crippen LogP contribution in [0.15, 0.2) is 4.99 Å². The van der Waals surface area contributed by atoms with Crippen molar-refractivity contribution in [3.63, 3.8) is 0 Å². The Morgan fingerprint density at radius 1 is 1.60 bits per heavy atom. The van der Waals surface area contributed by atoms with Gasteiger partial charge in [-0.25, -0.2) is 0 Å². The highest BCUT2D eigenvalue weighted by atomic mass is 16.4. The van der Waals surface area contributed by atoms with E-state index in [1.54, 1.807) is 7.05 Å². The van der Waals surface area contributed by atoms with Gasteiger partial charge < -0.3 is 21.1 Å². The Hall–Kier alpha value is -1.30. The summed E-state index contributed by atoms with van der Waals surface area (Å²) in [4.78, 5) is 16.7. The molecule has 1 saturated heterocycles. The van der Waals surface area contributed by atoms with Gasteiger partial charge in [-0.2, -0.15) is 0 Å². The van der Waals surface area contributed by atoms with Crippen molar-refractivity contribution in [2.75, 3.05) is 26.7 Å². The van der Waals surface area contributed by atoms with Crippen molar-refractivity contribution in [3.8, 4) is 0 Å². The van der Waals surface area contributed by atoms with Crippen LogP contribution in [-0.4, -0.2) is 54.7 Å². The van der Waals surface area contributed by atoms with Gasteiger partial charge in [0.15, 0.2) is 5.96 Å². The van der Waals surface area contributed by atoms with Gasteiger partial charge in [-0.3, -0.25) is 9.79 Å². The number of aliphatic imine (C=N–C) groups is 1. The minimum atomic E-state index is -1.00. The molecule has 0 aliphatic carbocycles. The van der Waals surface area contributed by atoms with E-state index in [0.29, 0.717) is 0 Å². The second-order valence-electron chi connectivity index (χ2n) is 3.57. The minimum Gasteiger partial charge on any atom is -0.480 e. The van der Waals surface area contributed by atoms with Crippen LogP contribution in [0.2, 0.25) is 0 Å². The Morgan fingerprint density at radius 3 is 2.67 bits per heavy atom. The number of carbonyl (C=O) groups is 1. The molecular formula is C9H18N4O2. The van der Waals surface area contributed by atoms with E-state index in [-0.39, 0.29) is 6.54 Å². The molecular weight excluding hydrogens is 196 g/mol. The van der Waals surface area contributed by atoms with E-state index in [9.17, 15) is 4.79 Å². The van der Waals surface area contributed by atoms with Crippen LogP contribution in [-0.2, 0) is 4.79 Å². The first-order valence-electron chi connectivity index (χ1n) is 5.09. The third kappa shape index (κ3) is 3.39. The first-order valence-corrected chi connectivity index (χ1v) is 5.09. The third-order valence-electron chi connectivity index (χ3n) is 2.41. The number of carboxylic acid groups (broad SMARTS) is 1. The number of carboxylic acids is 1. The summed E-state index contributed by atoms with van der Waals surface area (Å²) in [6, 6.07) is -0.885. The quantitative estimate of drug-likeness (QED) is 0.417. The molecule has 1 aliphatic rings. The number of hydrogen-bond acceptors (Lipinski definition) is 3. The highest BCUT2D eigenvalue weighted by Crippen LogP contribution is 2.06. The summed E-state index contributed by atoms with van der Waals surface area (Å²) in [5, 5.41) is 11.6. The number of rotatable bonds is 3. The highest BCUT2D eigenvalue weighted by Gasteiger charge is 2.17. The summed E-state index contributed by atoms with van der Waals surface area (Å²) >= 11 is 0. The maximum atomic E-state index is 10.5. The number of likely N-dealkylation sites (tertiary alicyclic amines) is 1. The number of nitrogens with zero attached hydrogens (tertiary/aromatic N) is 2. The normalized spacial score (nSPS) is 19.1. The van der Waals surface area contributed by atoms with E-state index in [0.717, 1.165) is 31.9 Å². The number of nitrogens with two attached hydrogens (primary N) is 1. The van der Waals surface area contributed by atoms with Crippen LogP contribution in [0, 0.1) is 0 Å². The lowest BCUT2D eigenvalue weighted by Gasteiger charge is -2.21. The van der Waals surface area contributed by atoms with E-state index in [4.69, 9.17) is 10.8 Å². The topological polar surface area (TPSA) is 90.9 Å². The molecule has 15 heavy (non-hydrogen) atoms. The largest absolute Gasteiger partial charge is 0.480 e. The second-order valence-corrected chi connectivity index (χ2v) is 3.57. The molecule has 1 fully saturated rings. The summed E-state index contributed by atoms with van der Waals surface area (Å²) in [6.45, 7) is 2.16. The van der Waals surface area contributed by atoms with Crippen molar-refractivity contribution in [3.05, 3.63) is 0 Å². The number of guanidine groups is 1. The minimum absolute atomic E-state index is 0.207. The zero-order chi connectivity index (χ0) is 11.3. The molecule has 1 aliphatic heterocycles. The lowest BCUT2D eigenvalue weighted by Crippen LogP contribution is -2.47. The molecule has 6 heteroatoms. The molecule has 86 valence electrons. The van der Waals surface area contributed by atoms with E-state index in [2.05, 4.69) is 15.2 Å². The molecule has 0 bridgehead atoms. The number of aliphatic carboxylic acids is 1. The standard InChI is InChI=1S/C9H18N4O2/c1-11-9(13-4-2-3-5-13)12-6-7(10)8(14)15/h7H,2-6,10H2,1H3,(H,11,12)(H,14,15)/t7-/m0/s1. The van der Waals surface area contributed by atoms with Gasteiger partial charge >= 0.3 is 5.97 Å². The number of nitrogens with one attached hydrogen (secondary N) is 1. The lowest BCUT2D eigenvalue weighted by atomic mass is 10.3. The summed E-state index contributed by atoms with van der Waals surface area (Å²) in [5.41, 5.74) is 5.38. The smallest absolute Gasteiger partial charge is 0.322 e. The molecule has 4 N–H and O–H groups in total. The summed E-state index contributed by atoms with van der Waals surface area (Å²) in [5.74, 6) is -0.261. The van der Waals surface area contributed by atoms with Crippen molar-refractivity contribution < 1.29 is 9.90 Å². The average molecular weight is 214 g/mol. The highest BCUT2D eigenvalue weighted by molar-refractivity contribution is 5.81. The second kappa shape index (κ2) is 5.55. The molecule has 0 spiro atoms. The van der Waals surface area contributed by atoms with Crippen molar-refractivity contribution in [2.45, 2.75) is 18.9 Å². The zero-order valence-corrected chi connectivity index (χ0v) is 8.94. The predicted octanol–water partition coefficient (Wildman–Crippen LogP) is -0.930. The maximum absolute atomic E-state index is 10.5. The maximum Gasteiger partial charge on any atom is 0.322 e. The molecule has 0 amide bonds. The van der Waals surface area contributed by atoms with E-state index in [1.165, 1.54) is 0 Å². The first-order chi connectivity index (χ1) is 7.15.